The molecule has 12 nitrogen and oxygen atoms in total. The van der Waals surface area contributed by atoms with Gasteiger partial charge in [0, 0.05) is 38.2 Å². The Kier molecular flexibility index (Phi) is 19.2. The first-order valence-electron chi connectivity index (χ1n) is 12.7. The van der Waals surface area contributed by atoms with Crippen LogP contribution in [0.4, 0.5) is 5.69 Å². The molecular formula is C27H45N9O3. The van der Waals surface area contributed by atoms with Crippen molar-refractivity contribution in [3.8, 4) is 0 Å². The highest BCUT2D eigenvalue weighted by molar-refractivity contribution is 6.12. The van der Waals surface area contributed by atoms with Crippen molar-refractivity contribution < 1.29 is 14.4 Å². The number of anilines is 1. The normalized spacial score (nSPS) is 14.9. The van der Waals surface area contributed by atoms with Crippen LogP contribution in [0.15, 0.2) is 59.6 Å². The highest BCUT2D eigenvalue weighted by atomic mass is 16.7. The van der Waals surface area contributed by atoms with Gasteiger partial charge in [0.1, 0.15) is 12.6 Å². The molecule has 3 aromatic rings. The van der Waals surface area contributed by atoms with E-state index >= 15 is 0 Å². The Hall–Kier alpha value is -3.71. The molecule has 1 aliphatic heterocycles. The van der Waals surface area contributed by atoms with Gasteiger partial charge in [-0.1, -0.05) is 39.0 Å². The molecule has 4 rings (SSSR count). The van der Waals surface area contributed by atoms with Gasteiger partial charge in [0.15, 0.2) is 0 Å². The van der Waals surface area contributed by atoms with Crippen molar-refractivity contribution in [3.05, 3.63) is 65.9 Å². The molecule has 1 fully saturated rings. The van der Waals surface area contributed by atoms with Gasteiger partial charge in [0.05, 0.1) is 24.6 Å². The molecule has 0 amide bonds. The number of aryl methyl sites for hydroxylation is 1. The Morgan fingerprint density at radius 1 is 1.28 bits per heavy atom. The SMILES string of the molecule is C=O.CC.CC(=C\N)/C(=N\Nc1ccccc1)c1cnc2nc(C)nn2c1.CN.COCCN1C[C@@H](C)CO1. The predicted molar refractivity (Wildman–Crippen MR) is 157 cm³/mol. The number of fused-ring (bicyclic) bond motifs is 1. The molecule has 12 heteroatoms. The smallest absolute Gasteiger partial charge is 0.252 e. The van der Waals surface area contributed by atoms with Gasteiger partial charge < -0.3 is 21.0 Å². The summed E-state index contributed by atoms with van der Waals surface area (Å²) in [4.78, 5) is 21.8. The van der Waals surface area contributed by atoms with E-state index in [0.717, 1.165) is 43.1 Å². The summed E-state index contributed by atoms with van der Waals surface area (Å²) >= 11 is 0. The van der Waals surface area contributed by atoms with Crippen LogP contribution in [0.1, 0.15) is 39.1 Å². The fourth-order valence-corrected chi connectivity index (χ4v) is 3.14. The number of nitrogens with one attached hydrogen (secondary N) is 1. The maximum absolute atomic E-state index is 8.00. The molecule has 0 unspecified atom stereocenters. The number of hydroxylamine groups is 2. The number of allylic oxidation sites excluding steroid dienone is 1. The molecule has 3 heterocycles. The summed E-state index contributed by atoms with van der Waals surface area (Å²) in [5.41, 5.74) is 16.4. The maximum Gasteiger partial charge on any atom is 0.252 e. The van der Waals surface area contributed by atoms with Crippen LogP contribution in [0.5, 0.6) is 0 Å². The van der Waals surface area contributed by atoms with Crippen LogP contribution in [-0.4, -0.2) is 77.6 Å². The summed E-state index contributed by atoms with van der Waals surface area (Å²) in [5, 5.41) is 10.7. The van der Waals surface area contributed by atoms with Crippen LogP contribution in [0, 0.1) is 12.8 Å². The molecule has 2 aromatic heterocycles. The van der Waals surface area contributed by atoms with Gasteiger partial charge in [-0.05, 0) is 50.7 Å². The second-order valence-electron chi connectivity index (χ2n) is 7.82. The van der Waals surface area contributed by atoms with Crippen molar-refractivity contribution in [2.24, 2.45) is 22.5 Å². The lowest BCUT2D eigenvalue weighted by Crippen LogP contribution is -2.23. The third-order valence-corrected chi connectivity index (χ3v) is 4.87. The molecule has 0 spiro atoms. The van der Waals surface area contributed by atoms with E-state index in [-0.39, 0.29) is 0 Å². The van der Waals surface area contributed by atoms with Crippen molar-refractivity contribution in [1.82, 2.24) is 24.6 Å². The number of nitrogens with two attached hydrogens (primary N) is 2. The lowest BCUT2D eigenvalue weighted by molar-refractivity contribution is -0.118. The fourth-order valence-electron chi connectivity index (χ4n) is 3.14. The molecule has 0 radical (unpaired) electrons. The van der Waals surface area contributed by atoms with Crippen LogP contribution in [0.2, 0.25) is 0 Å². The van der Waals surface area contributed by atoms with Gasteiger partial charge in [0.25, 0.3) is 5.78 Å². The molecular weight excluding hydrogens is 498 g/mol. The number of hydrogen-bond donors (Lipinski definition) is 3. The van der Waals surface area contributed by atoms with Crippen molar-refractivity contribution in [2.75, 3.05) is 45.9 Å². The van der Waals surface area contributed by atoms with Crippen molar-refractivity contribution in [1.29, 1.82) is 0 Å². The zero-order valence-corrected chi connectivity index (χ0v) is 24.3. The number of hydrogen-bond acceptors (Lipinski definition) is 11. The van der Waals surface area contributed by atoms with E-state index in [4.69, 9.17) is 20.1 Å². The number of carbonyl (C=O) groups excluding carboxylic acids is 1. The first-order valence-corrected chi connectivity index (χ1v) is 12.7. The third kappa shape index (κ3) is 12.6. The molecule has 39 heavy (non-hydrogen) atoms. The van der Waals surface area contributed by atoms with Crippen LogP contribution in [0.3, 0.4) is 0 Å². The molecule has 1 aliphatic rings. The summed E-state index contributed by atoms with van der Waals surface area (Å²) in [6.07, 6.45) is 5.06. The molecule has 0 aliphatic carbocycles. The van der Waals surface area contributed by atoms with Gasteiger partial charge in [-0.3, -0.25) is 10.3 Å². The highest BCUT2D eigenvalue weighted by Gasteiger charge is 2.18. The number of rotatable bonds is 7. The number of hydrazone groups is 1. The van der Waals surface area contributed by atoms with Gasteiger partial charge in [-0.25, -0.2) is 9.50 Å². The zero-order valence-electron chi connectivity index (χ0n) is 24.3. The van der Waals surface area contributed by atoms with Crippen LogP contribution in [-0.2, 0) is 14.4 Å². The minimum Gasteiger partial charge on any atom is -0.404 e. The first-order chi connectivity index (χ1) is 19.0. The molecule has 1 atom stereocenters. The van der Waals surface area contributed by atoms with E-state index in [1.165, 1.54) is 13.2 Å². The van der Waals surface area contributed by atoms with Gasteiger partial charge in [0.2, 0.25) is 0 Å². The first kappa shape index (κ1) is 35.3. The third-order valence-electron chi connectivity index (χ3n) is 4.87. The summed E-state index contributed by atoms with van der Waals surface area (Å²) in [6, 6.07) is 9.70. The number of para-hydroxylation sites is 1. The highest BCUT2D eigenvalue weighted by Crippen LogP contribution is 2.12. The second-order valence-corrected chi connectivity index (χ2v) is 7.82. The summed E-state index contributed by atoms with van der Waals surface area (Å²) in [5.74, 6) is 1.90. The Morgan fingerprint density at radius 3 is 2.51 bits per heavy atom. The van der Waals surface area contributed by atoms with Gasteiger partial charge >= 0.3 is 0 Å². The maximum atomic E-state index is 8.00. The molecule has 216 valence electrons. The monoisotopic (exact) mass is 543 g/mol. The van der Waals surface area contributed by atoms with E-state index in [1.807, 2.05) is 76.1 Å². The van der Waals surface area contributed by atoms with Crippen molar-refractivity contribution in [3.63, 3.8) is 0 Å². The second kappa shape index (κ2) is 21.2. The van der Waals surface area contributed by atoms with E-state index < -0.39 is 0 Å². The number of nitrogens with zero attached hydrogens (tertiary/aromatic N) is 6. The average Bonchev–Trinajstić information content (AvgIpc) is 3.59. The van der Waals surface area contributed by atoms with E-state index in [2.05, 4.69) is 38.3 Å². The van der Waals surface area contributed by atoms with E-state index in [9.17, 15) is 0 Å². The Labute approximate surface area is 232 Å². The van der Waals surface area contributed by atoms with E-state index in [0.29, 0.717) is 23.2 Å². The fraction of sp³-hybridized carbons (Fsp3) is 0.444. The zero-order chi connectivity index (χ0) is 29.6. The molecule has 0 bridgehead atoms. The summed E-state index contributed by atoms with van der Waals surface area (Å²) < 4.78 is 6.55. The van der Waals surface area contributed by atoms with Crippen LogP contribution < -0.4 is 16.9 Å². The standard InChI is InChI=1S/C16H17N7.C7H15NO2.C2H6.CH5N.CH2O/c1-11(8-17)15(21-20-14-6-4-3-5-7-14)13-9-18-16-19-12(2)22-23(16)10-13;1-7-5-8(10-6-7)3-4-9-2;3*1-2/h3-10,20H,17H2,1-2H3;7H,3-6H2,1-2H3;1-2H3;2H2,1H3;1H2/b11-8+,21-15+;;;;/t;7-;;;/m.1.../s1. The Bertz CT molecular complexity index is 1100. The Balaban J connectivity index is 0.000000756. The summed E-state index contributed by atoms with van der Waals surface area (Å²) in [7, 11) is 3.21. The number of carbonyl (C=O) groups is 1. The van der Waals surface area contributed by atoms with Gasteiger partial charge in [-0.15, -0.1) is 0 Å². The number of aromatic nitrogens is 4. The lowest BCUT2D eigenvalue weighted by Gasteiger charge is -2.11. The summed E-state index contributed by atoms with van der Waals surface area (Å²) in [6.45, 7) is 15.5. The predicted octanol–water partition coefficient (Wildman–Crippen LogP) is 3.04. The minimum atomic E-state index is 0.552. The number of ether oxygens (including phenoxy) is 1. The van der Waals surface area contributed by atoms with E-state index in [1.54, 1.807) is 17.8 Å². The molecule has 1 saturated heterocycles. The van der Waals surface area contributed by atoms with Crippen molar-refractivity contribution in [2.45, 2.75) is 34.6 Å². The quantitative estimate of drug-likeness (QED) is 0.299. The van der Waals surface area contributed by atoms with Crippen LogP contribution >= 0.6 is 0 Å². The number of methoxy groups -OCH3 is 1. The molecule has 5 N–H and O–H groups in total. The number of benzene rings is 1. The minimum absolute atomic E-state index is 0.552. The van der Waals surface area contributed by atoms with Gasteiger partial charge in [-0.2, -0.15) is 20.2 Å². The lowest BCUT2D eigenvalue weighted by atomic mass is 10.1. The van der Waals surface area contributed by atoms with Crippen molar-refractivity contribution >= 4 is 24.0 Å². The van der Waals surface area contributed by atoms with Crippen LogP contribution in [0.25, 0.3) is 5.78 Å². The topological polar surface area (TPSA) is 158 Å². The molecule has 0 saturated carbocycles. The molecule has 1 aromatic carbocycles. The average molecular weight is 544 g/mol. The Morgan fingerprint density at radius 2 is 1.95 bits per heavy atom. The largest absolute Gasteiger partial charge is 0.404 e.